The Bertz CT molecular complexity index is 661. The first kappa shape index (κ1) is 29.5. The summed E-state index contributed by atoms with van der Waals surface area (Å²) in [4.78, 5) is 23.6. The Morgan fingerprint density at radius 2 is 1.15 bits per heavy atom. The summed E-state index contributed by atoms with van der Waals surface area (Å²) in [5, 5.41) is 9.24. The van der Waals surface area contributed by atoms with Gasteiger partial charge < -0.3 is 9.84 Å². The van der Waals surface area contributed by atoms with Crippen molar-refractivity contribution in [3.63, 3.8) is 0 Å². The minimum atomic E-state index is -0.107. The molecule has 1 rings (SSSR count). The second-order valence-corrected chi connectivity index (χ2v) is 8.97. The number of ether oxygens (including phenoxy) is 1. The second-order valence-electron chi connectivity index (χ2n) is 8.97. The van der Waals surface area contributed by atoms with Gasteiger partial charge in [-0.15, -0.1) is 6.58 Å². The summed E-state index contributed by atoms with van der Waals surface area (Å²) in [6.45, 7) is 4.43. The Balaban J connectivity index is 1.82. The van der Waals surface area contributed by atoms with E-state index in [1.807, 2.05) is 6.08 Å². The summed E-state index contributed by atoms with van der Waals surface area (Å²) in [5.41, 5.74) is 5.06. The number of unbranched alkanes of at least 4 members (excludes halogenated alkanes) is 13. The number of carbonyl (C=O) groups is 2. The molecule has 0 aromatic heterocycles. The molecule has 3 N–H and O–H groups in total. The highest BCUT2D eigenvalue weighted by molar-refractivity contribution is 5.81. The highest BCUT2D eigenvalue weighted by atomic mass is 16.5. The highest BCUT2D eigenvalue weighted by Gasteiger charge is 2.04. The van der Waals surface area contributed by atoms with Crippen molar-refractivity contribution in [3.05, 3.63) is 36.9 Å². The first-order chi connectivity index (χ1) is 16.6. The van der Waals surface area contributed by atoms with Crippen LogP contribution in [-0.2, 0) is 9.59 Å². The highest BCUT2D eigenvalue weighted by Crippen LogP contribution is 2.16. The van der Waals surface area contributed by atoms with Gasteiger partial charge in [-0.1, -0.05) is 70.3 Å². The minimum absolute atomic E-state index is 0.103. The Kier molecular flexibility index (Phi) is 18.3. The number of benzene rings is 1. The molecule has 0 aliphatic carbocycles. The summed E-state index contributed by atoms with van der Waals surface area (Å²) < 4.78 is 5.64. The number of aromatic hydroxyl groups is 1. The van der Waals surface area contributed by atoms with E-state index < -0.39 is 0 Å². The summed E-state index contributed by atoms with van der Waals surface area (Å²) >= 11 is 0. The molecule has 6 nitrogen and oxygen atoms in total. The summed E-state index contributed by atoms with van der Waals surface area (Å²) in [7, 11) is 0. The quantitative estimate of drug-likeness (QED) is 0.105. The topological polar surface area (TPSA) is 87.7 Å². The number of phenolic OH excluding ortho intramolecular Hbond substituents is 1. The van der Waals surface area contributed by atoms with Gasteiger partial charge in [0.1, 0.15) is 11.5 Å². The molecule has 0 aliphatic heterocycles. The predicted molar refractivity (Wildman–Crippen MR) is 139 cm³/mol. The summed E-state index contributed by atoms with van der Waals surface area (Å²) in [5.74, 6) is 0.835. The van der Waals surface area contributed by atoms with Gasteiger partial charge in [0, 0.05) is 12.8 Å². The average molecular weight is 475 g/mol. The van der Waals surface area contributed by atoms with Crippen LogP contribution in [0.3, 0.4) is 0 Å². The molecule has 0 atom stereocenters. The largest absolute Gasteiger partial charge is 0.508 e. The number of hydrogen-bond donors (Lipinski definition) is 3. The SMILES string of the molecule is C=CCCCCCCCCC(=O)NNC(=O)CCCCCCCCCCOc1ccc(O)cc1. The fourth-order valence-electron chi connectivity index (χ4n) is 3.73. The number of phenols is 1. The van der Waals surface area contributed by atoms with Crippen LogP contribution in [0.25, 0.3) is 0 Å². The first-order valence-electron chi connectivity index (χ1n) is 13.2. The van der Waals surface area contributed by atoms with Gasteiger partial charge in [-0.3, -0.25) is 20.4 Å². The molecular weight excluding hydrogens is 428 g/mol. The second kappa shape index (κ2) is 21.1. The number of amides is 2. The van der Waals surface area contributed by atoms with E-state index in [1.165, 1.54) is 38.5 Å². The number of carbonyl (C=O) groups excluding carboxylic acids is 2. The molecule has 1 aromatic rings. The summed E-state index contributed by atoms with van der Waals surface area (Å²) in [6.07, 6.45) is 19.5. The lowest BCUT2D eigenvalue weighted by molar-refractivity contribution is -0.129. The number of nitrogens with one attached hydrogen (secondary N) is 2. The normalized spacial score (nSPS) is 10.6. The fraction of sp³-hybridized carbons (Fsp3) is 0.643. The zero-order chi connectivity index (χ0) is 24.7. The number of rotatable bonds is 21. The smallest absolute Gasteiger partial charge is 0.238 e. The van der Waals surface area contributed by atoms with E-state index in [2.05, 4.69) is 17.4 Å². The van der Waals surface area contributed by atoms with E-state index in [0.717, 1.165) is 63.5 Å². The van der Waals surface area contributed by atoms with Crippen LogP contribution in [0.4, 0.5) is 0 Å². The summed E-state index contributed by atoms with van der Waals surface area (Å²) in [6, 6.07) is 6.82. The van der Waals surface area contributed by atoms with Crippen LogP contribution in [0.2, 0.25) is 0 Å². The number of allylic oxidation sites excluding steroid dienone is 1. The van der Waals surface area contributed by atoms with E-state index in [-0.39, 0.29) is 17.6 Å². The van der Waals surface area contributed by atoms with Crippen molar-refractivity contribution in [1.82, 2.24) is 10.9 Å². The Morgan fingerprint density at radius 1 is 0.706 bits per heavy atom. The van der Waals surface area contributed by atoms with Crippen molar-refractivity contribution in [2.45, 2.75) is 109 Å². The molecule has 0 unspecified atom stereocenters. The van der Waals surface area contributed by atoms with Crippen molar-refractivity contribution in [3.8, 4) is 11.5 Å². The lowest BCUT2D eigenvalue weighted by atomic mass is 10.1. The zero-order valence-corrected chi connectivity index (χ0v) is 21.0. The molecule has 2 amide bonds. The maximum Gasteiger partial charge on any atom is 0.238 e. The van der Waals surface area contributed by atoms with Gasteiger partial charge in [0.2, 0.25) is 11.8 Å². The molecule has 0 saturated heterocycles. The molecule has 1 aromatic carbocycles. The van der Waals surface area contributed by atoms with Crippen molar-refractivity contribution >= 4 is 11.8 Å². The molecule has 34 heavy (non-hydrogen) atoms. The molecule has 0 saturated carbocycles. The van der Waals surface area contributed by atoms with Crippen LogP contribution in [0, 0.1) is 0 Å². The molecular formula is C28H46N2O4. The molecule has 0 fully saturated rings. The van der Waals surface area contributed by atoms with Crippen LogP contribution in [0.1, 0.15) is 109 Å². The van der Waals surface area contributed by atoms with Crippen molar-refractivity contribution in [2.75, 3.05) is 6.61 Å². The van der Waals surface area contributed by atoms with Crippen molar-refractivity contribution in [1.29, 1.82) is 0 Å². The van der Waals surface area contributed by atoms with Gasteiger partial charge >= 0.3 is 0 Å². The van der Waals surface area contributed by atoms with Crippen LogP contribution >= 0.6 is 0 Å². The van der Waals surface area contributed by atoms with E-state index in [9.17, 15) is 14.7 Å². The molecule has 0 bridgehead atoms. The molecule has 192 valence electrons. The molecule has 0 aliphatic rings. The van der Waals surface area contributed by atoms with Crippen LogP contribution in [0.5, 0.6) is 11.5 Å². The monoisotopic (exact) mass is 474 g/mol. The van der Waals surface area contributed by atoms with E-state index in [0.29, 0.717) is 19.4 Å². The van der Waals surface area contributed by atoms with Crippen LogP contribution in [0.15, 0.2) is 36.9 Å². The maximum atomic E-state index is 11.8. The molecule has 0 spiro atoms. The molecule has 0 radical (unpaired) electrons. The van der Waals surface area contributed by atoms with E-state index >= 15 is 0 Å². The van der Waals surface area contributed by atoms with E-state index in [1.54, 1.807) is 24.3 Å². The van der Waals surface area contributed by atoms with Gasteiger partial charge in [-0.2, -0.15) is 0 Å². The van der Waals surface area contributed by atoms with Gasteiger partial charge in [0.15, 0.2) is 0 Å². The third-order valence-electron chi connectivity index (χ3n) is 5.81. The van der Waals surface area contributed by atoms with Gasteiger partial charge in [0.05, 0.1) is 6.61 Å². The lowest BCUT2D eigenvalue weighted by Crippen LogP contribution is -2.41. The number of hydrazine groups is 1. The third-order valence-corrected chi connectivity index (χ3v) is 5.81. The Hall–Kier alpha value is -2.50. The van der Waals surface area contributed by atoms with Crippen molar-refractivity contribution in [2.24, 2.45) is 0 Å². The number of hydrogen-bond acceptors (Lipinski definition) is 4. The Labute approximate surface area is 206 Å². The van der Waals surface area contributed by atoms with Gasteiger partial charge in [-0.25, -0.2) is 0 Å². The zero-order valence-electron chi connectivity index (χ0n) is 21.0. The van der Waals surface area contributed by atoms with Crippen LogP contribution in [-0.4, -0.2) is 23.5 Å². The minimum Gasteiger partial charge on any atom is -0.508 e. The van der Waals surface area contributed by atoms with E-state index in [4.69, 9.17) is 4.74 Å². The molecule has 6 heteroatoms. The fourth-order valence-corrected chi connectivity index (χ4v) is 3.73. The molecule has 0 heterocycles. The van der Waals surface area contributed by atoms with Gasteiger partial charge in [-0.05, 0) is 56.4 Å². The maximum absolute atomic E-state index is 11.8. The Morgan fingerprint density at radius 3 is 1.65 bits per heavy atom. The third kappa shape index (κ3) is 18.0. The lowest BCUT2D eigenvalue weighted by Gasteiger charge is -2.08. The van der Waals surface area contributed by atoms with Crippen molar-refractivity contribution < 1.29 is 19.4 Å². The average Bonchev–Trinajstić information content (AvgIpc) is 2.84. The van der Waals surface area contributed by atoms with Gasteiger partial charge in [0.25, 0.3) is 0 Å². The predicted octanol–water partition coefficient (Wildman–Crippen LogP) is 6.74. The van der Waals surface area contributed by atoms with Crippen LogP contribution < -0.4 is 15.6 Å². The first-order valence-corrected chi connectivity index (χ1v) is 13.2. The standard InChI is InChI=1S/C28H46N2O4/c1-2-3-4-5-6-9-12-15-18-27(32)29-30-28(33)19-16-13-10-7-8-11-14-17-24-34-26-22-20-25(31)21-23-26/h2,20-23,31H,1,3-19,24H2,(H,29,32)(H,30,33).